The van der Waals surface area contributed by atoms with Gasteiger partial charge in [0.15, 0.2) is 0 Å². The summed E-state index contributed by atoms with van der Waals surface area (Å²) in [6.07, 6.45) is 2.69. The molecule has 0 aromatic heterocycles. The van der Waals surface area contributed by atoms with Crippen LogP contribution in [0.5, 0.6) is 5.75 Å². The van der Waals surface area contributed by atoms with Crippen LogP contribution in [-0.2, 0) is 0 Å². The Morgan fingerprint density at radius 1 is 1.35 bits per heavy atom. The Labute approximate surface area is 123 Å². The van der Waals surface area contributed by atoms with Crippen LogP contribution in [0.25, 0.3) is 0 Å². The Hall–Kier alpha value is -1.06. The van der Waals surface area contributed by atoms with Gasteiger partial charge in [-0.3, -0.25) is 0 Å². The van der Waals surface area contributed by atoms with Crippen molar-refractivity contribution in [3.05, 3.63) is 30.3 Å². The Morgan fingerprint density at radius 2 is 2.15 bits per heavy atom. The minimum atomic E-state index is 0.573. The number of piperidine rings is 1. The van der Waals surface area contributed by atoms with Gasteiger partial charge in [0, 0.05) is 19.1 Å². The predicted octanol–water partition coefficient (Wildman–Crippen LogP) is 2.78. The van der Waals surface area contributed by atoms with Gasteiger partial charge in [0.1, 0.15) is 12.4 Å². The minimum Gasteiger partial charge on any atom is -0.492 e. The van der Waals surface area contributed by atoms with E-state index in [-0.39, 0.29) is 0 Å². The van der Waals surface area contributed by atoms with E-state index < -0.39 is 0 Å². The Morgan fingerprint density at radius 3 is 2.90 bits per heavy atom. The first-order chi connectivity index (χ1) is 9.79. The van der Waals surface area contributed by atoms with Gasteiger partial charge in [0.2, 0.25) is 0 Å². The van der Waals surface area contributed by atoms with Crippen LogP contribution in [0.3, 0.4) is 0 Å². The zero-order chi connectivity index (χ0) is 14.2. The second-order valence-electron chi connectivity index (χ2n) is 5.70. The number of likely N-dealkylation sites (tertiary alicyclic amines) is 1. The lowest BCUT2D eigenvalue weighted by molar-refractivity contribution is 0.155. The standard InChI is InChI=1S/C17H28N2O/c1-3-19-12-7-8-16(14-19)15(2)18-11-13-20-17-9-5-4-6-10-17/h4-6,9-10,15-16,18H,3,7-8,11-14H2,1-2H3. The third-order valence-corrected chi connectivity index (χ3v) is 4.28. The largest absolute Gasteiger partial charge is 0.492 e. The summed E-state index contributed by atoms with van der Waals surface area (Å²) in [7, 11) is 0. The molecule has 1 aliphatic heterocycles. The number of benzene rings is 1. The molecule has 1 heterocycles. The van der Waals surface area contributed by atoms with Crippen molar-refractivity contribution in [1.29, 1.82) is 0 Å². The van der Waals surface area contributed by atoms with Crippen LogP contribution >= 0.6 is 0 Å². The minimum absolute atomic E-state index is 0.573. The molecule has 20 heavy (non-hydrogen) atoms. The fourth-order valence-corrected chi connectivity index (χ4v) is 2.93. The monoisotopic (exact) mass is 276 g/mol. The average Bonchev–Trinajstić information content (AvgIpc) is 2.52. The van der Waals surface area contributed by atoms with Gasteiger partial charge in [0.25, 0.3) is 0 Å². The fourth-order valence-electron chi connectivity index (χ4n) is 2.93. The van der Waals surface area contributed by atoms with Gasteiger partial charge < -0.3 is 15.0 Å². The summed E-state index contributed by atoms with van der Waals surface area (Å²) in [5.74, 6) is 1.73. The highest BCUT2D eigenvalue weighted by atomic mass is 16.5. The highest BCUT2D eigenvalue weighted by Crippen LogP contribution is 2.19. The number of nitrogens with zero attached hydrogens (tertiary/aromatic N) is 1. The molecule has 0 bridgehead atoms. The molecule has 0 amide bonds. The second kappa shape index (κ2) is 8.28. The van der Waals surface area contributed by atoms with Crippen molar-refractivity contribution in [2.24, 2.45) is 5.92 Å². The van der Waals surface area contributed by atoms with Gasteiger partial charge in [-0.1, -0.05) is 25.1 Å². The van der Waals surface area contributed by atoms with E-state index in [0.717, 1.165) is 24.8 Å². The summed E-state index contributed by atoms with van der Waals surface area (Å²) in [4.78, 5) is 2.56. The average molecular weight is 276 g/mol. The van der Waals surface area contributed by atoms with Crippen LogP contribution in [0, 0.1) is 5.92 Å². The topological polar surface area (TPSA) is 24.5 Å². The first-order valence-corrected chi connectivity index (χ1v) is 7.93. The molecule has 1 fully saturated rings. The molecule has 1 N–H and O–H groups in total. The summed E-state index contributed by atoms with van der Waals surface area (Å²) in [5.41, 5.74) is 0. The van der Waals surface area contributed by atoms with Crippen molar-refractivity contribution < 1.29 is 4.74 Å². The molecule has 0 saturated carbocycles. The lowest BCUT2D eigenvalue weighted by atomic mass is 9.91. The van der Waals surface area contributed by atoms with E-state index in [4.69, 9.17) is 4.74 Å². The number of hydrogen-bond donors (Lipinski definition) is 1. The van der Waals surface area contributed by atoms with Crippen LogP contribution in [0.4, 0.5) is 0 Å². The predicted molar refractivity (Wildman–Crippen MR) is 84.2 cm³/mol. The van der Waals surface area contributed by atoms with E-state index in [1.54, 1.807) is 0 Å². The van der Waals surface area contributed by atoms with Crippen LogP contribution in [0.15, 0.2) is 30.3 Å². The number of ether oxygens (including phenoxy) is 1. The molecule has 3 heteroatoms. The van der Waals surface area contributed by atoms with Gasteiger partial charge in [-0.25, -0.2) is 0 Å². The van der Waals surface area contributed by atoms with Crippen LogP contribution in [-0.4, -0.2) is 43.7 Å². The molecular weight excluding hydrogens is 248 g/mol. The van der Waals surface area contributed by atoms with Crippen molar-refractivity contribution in [2.75, 3.05) is 32.8 Å². The summed E-state index contributed by atoms with van der Waals surface area (Å²) in [6, 6.07) is 10.6. The number of nitrogens with one attached hydrogen (secondary N) is 1. The van der Waals surface area contributed by atoms with Crippen LogP contribution < -0.4 is 10.1 Å². The summed E-state index contributed by atoms with van der Waals surface area (Å²) < 4.78 is 5.71. The van der Waals surface area contributed by atoms with E-state index in [1.165, 1.54) is 32.5 Å². The first-order valence-electron chi connectivity index (χ1n) is 7.93. The fraction of sp³-hybridized carbons (Fsp3) is 0.647. The summed E-state index contributed by atoms with van der Waals surface area (Å²) in [5, 5.41) is 3.62. The zero-order valence-electron chi connectivity index (χ0n) is 12.8. The highest BCUT2D eigenvalue weighted by Gasteiger charge is 2.23. The Balaban J connectivity index is 1.63. The van der Waals surface area contributed by atoms with E-state index in [0.29, 0.717) is 6.04 Å². The van der Waals surface area contributed by atoms with Crippen molar-refractivity contribution in [1.82, 2.24) is 10.2 Å². The number of para-hydroxylation sites is 1. The van der Waals surface area contributed by atoms with Crippen molar-refractivity contribution >= 4 is 0 Å². The molecule has 0 radical (unpaired) electrons. The van der Waals surface area contributed by atoms with Gasteiger partial charge in [0.05, 0.1) is 0 Å². The molecular formula is C17H28N2O. The van der Waals surface area contributed by atoms with Gasteiger partial charge in [-0.05, 0) is 50.9 Å². The number of hydrogen-bond acceptors (Lipinski definition) is 3. The molecule has 0 spiro atoms. The lowest BCUT2D eigenvalue weighted by Gasteiger charge is -2.35. The van der Waals surface area contributed by atoms with Crippen molar-refractivity contribution in [3.8, 4) is 5.75 Å². The maximum Gasteiger partial charge on any atom is 0.119 e. The summed E-state index contributed by atoms with van der Waals surface area (Å²) in [6.45, 7) is 9.92. The third-order valence-electron chi connectivity index (χ3n) is 4.28. The van der Waals surface area contributed by atoms with Gasteiger partial charge >= 0.3 is 0 Å². The van der Waals surface area contributed by atoms with Gasteiger partial charge in [-0.2, -0.15) is 0 Å². The van der Waals surface area contributed by atoms with Crippen LogP contribution in [0.1, 0.15) is 26.7 Å². The molecule has 112 valence electrons. The quantitative estimate of drug-likeness (QED) is 0.775. The lowest BCUT2D eigenvalue weighted by Crippen LogP contribution is -2.45. The molecule has 2 unspecified atom stereocenters. The molecule has 0 aliphatic carbocycles. The Bertz CT molecular complexity index is 369. The molecule has 1 saturated heterocycles. The SMILES string of the molecule is CCN1CCCC(C(C)NCCOc2ccccc2)C1. The molecule has 2 atom stereocenters. The molecule has 1 aromatic carbocycles. The molecule has 1 aliphatic rings. The maximum atomic E-state index is 5.71. The van der Waals surface area contributed by atoms with E-state index >= 15 is 0 Å². The van der Waals surface area contributed by atoms with Crippen LogP contribution in [0.2, 0.25) is 0 Å². The highest BCUT2D eigenvalue weighted by molar-refractivity contribution is 5.20. The van der Waals surface area contributed by atoms with E-state index in [2.05, 4.69) is 24.1 Å². The van der Waals surface area contributed by atoms with Crippen molar-refractivity contribution in [3.63, 3.8) is 0 Å². The maximum absolute atomic E-state index is 5.71. The molecule has 3 nitrogen and oxygen atoms in total. The first kappa shape index (κ1) is 15.3. The van der Waals surface area contributed by atoms with Gasteiger partial charge in [-0.15, -0.1) is 0 Å². The normalized spacial score (nSPS) is 21.6. The number of rotatable bonds is 7. The van der Waals surface area contributed by atoms with E-state index in [9.17, 15) is 0 Å². The zero-order valence-corrected chi connectivity index (χ0v) is 12.8. The van der Waals surface area contributed by atoms with E-state index in [1.807, 2.05) is 30.3 Å². The summed E-state index contributed by atoms with van der Waals surface area (Å²) >= 11 is 0. The molecule has 1 aromatic rings. The smallest absolute Gasteiger partial charge is 0.119 e. The van der Waals surface area contributed by atoms with Crippen molar-refractivity contribution in [2.45, 2.75) is 32.7 Å². The third kappa shape index (κ3) is 4.80. The Kier molecular flexibility index (Phi) is 6.34. The second-order valence-corrected chi connectivity index (χ2v) is 5.70. The molecule has 2 rings (SSSR count).